The van der Waals surface area contributed by atoms with Gasteiger partial charge in [-0.25, -0.2) is 4.79 Å². The molecule has 0 bridgehead atoms. The summed E-state index contributed by atoms with van der Waals surface area (Å²) in [6.45, 7) is 2.61. The highest BCUT2D eigenvalue weighted by atomic mass is 32.1. The fourth-order valence-corrected chi connectivity index (χ4v) is 2.85. The van der Waals surface area contributed by atoms with E-state index in [0.717, 1.165) is 25.7 Å². The van der Waals surface area contributed by atoms with Crippen LogP contribution in [0, 0.1) is 22.7 Å². The smallest absolute Gasteiger partial charge is 0.353 e. The van der Waals surface area contributed by atoms with Crippen molar-refractivity contribution >= 4 is 17.3 Å². The highest BCUT2D eigenvalue weighted by Gasteiger charge is 2.19. The van der Waals surface area contributed by atoms with Crippen LogP contribution in [0.1, 0.15) is 53.4 Å². The highest BCUT2D eigenvalue weighted by Crippen LogP contribution is 2.30. The summed E-state index contributed by atoms with van der Waals surface area (Å²) >= 11 is 1.25. The van der Waals surface area contributed by atoms with Crippen LogP contribution < -0.4 is 9.47 Å². The molecule has 1 aromatic heterocycles. The van der Waals surface area contributed by atoms with Crippen LogP contribution in [0.4, 0.5) is 0 Å². The standard InChI is InChI=1S/C19H18N2O3S/c1-2-3-4-5-10-23-16-8-9-17(15(13-21)14(16)12-20)24-19(22)18-7-6-11-25-18/h6-9,11H,2-5,10H2,1H3. The second-order valence-electron chi connectivity index (χ2n) is 5.31. The Morgan fingerprint density at radius 1 is 1.08 bits per heavy atom. The Bertz CT molecular complexity index is 801. The van der Waals surface area contributed by atoms with E-state index in [2.05, 4.69) is 6.92 Å². The first kappa shape index (κ1) is 18.5. The molecule has 0 N–H and O–H groups in total. The van der Waals surface area contributed by atoms with Gasteiger partial charge >= 0.3 is 5.97 Å². The molecule has 0 aliphatic rings. The van der Waals surface area contributed by atoms with Gasteiger partial charge in [0.1, 0.15) is 33.9 Å². The maximum atomic E-state index is 12.1. The summed E-state index contributed by atoms with van der Waals surface area (Å²) < 4.78 is 10.9. The number of nitriles is 2. The van der Waals surface area contributed by atoms with Gasteiger partial charge in [-0.1, -0.05) is 32.3 Å². The van der Waals surface area contributed by atoms with Crippen molar-refractivity contribution < 1.29 is 14.3 Å². The quantitative estimate of drug-likeness (QED) is 0.391. The van der Waals surface area contributed by atoms with Gasteiger partial charge in [0.05, 0.1) is 6.61 Å². The molecule has 6 heteroatoms. The summed E-state index contributed by atoms with van der Waals surface area (Å²) in [5.41, 5.74) is 0.105. The monoisotopic (exact) mass is 354 g/mol. The van der Waals surface area contributed by atoms with Gasteiger partial charge in [-0.2, -0.15) is 10.5 Å². The van der Waals surface area contributed by atoms with E-state index in [9.17, 15) is 15.3 Å². The highest BCUT2D eigenvalue weighted by molar-refractivity contribution is 7.12. The predicted molar refractivity (Wildman–Crippen MR) is 94.8 cm³/mol. The van der Waals surface area contributed by atoms with Gasteiger partial charge in [-0.05, 0) is 30.0 Å². The number of hydrogen-bond donors (Lipinski definition) is 0. The first-order chi connectivity index (χ1) is 12.2. The van der Waals surface area contributed by atoms with E-state index in [0.29, 0.717) is 17.2 Å². The third-order valence-electron chi connectivity index (χ3n) is 3.53. The molecule has 128 valence electrons. The summed E-state index contributed by atoms with van der Waals surface area (Å²) in [7, 11) is 0. The van der Waals surface area contributed by atoms with E-state index in [1.807, 2.05) is 12.1 Å². The Balaban J connectivity index is 2.16. The van der Waals surface area contributed by atoms with Gasteiger partial charge < -0.3 is 9.47 Å². The number of rotatable bonds is 8. The average molecular weight is 354 g/mol. The number of benzene rings is 1. The summed E-state index contributed by atoms with van der Waals surface area (Å²) in [6.07, 6.45) is 4.21. The van der Waals surface area contributed by atoms with Crippen molar-refractivity contribution in [2.75, 3.05) is 6.61 Å². The Morgan fingerprint density at radius 2 is 1.80 bits per heavy atom. The van der Waals surface area contributed by atoms with E-state index in [4.69, 9.17) is 9.47 Å². The predicted octanol–water partition coefficient (Wildman–Crippen LogP) is 4.67. The van der Waals surface area contributed by atoms with Crippen LogP contribution >= 0.6 is 11.3 Å². The first-order valence-corrected chi connectivity index (χ1v) is 8.94. The third-order valence-corrected chi connectivity index (χ3v) is 4.38. The van der Waals surface area contributed by atoms with Gasteiger partial charge in [0.15, 0.2) is 5.75 Å². The molecule has 1 heterocycles. The number of thiophene rings is 1. The lowest BCUT2D eigenvalue weighted by Crippen LogP contribution is -2.09. The van der Waals surface area contributed by atoms with Gasteiger partial charge in [0.2, 0.25) is 0 Å². The lowest BCUT2D eigenvalue weighted by Gasteiger charge is -2.11. The molecule has 0 saturated carbocycles. The van der Waals surface area contributed by atoms with Crippen molar-refractivity contribution in [3.05, 3.63) is 45.6 Å². The molecule has 2 rings (SSSR count). The number of hydrogen-bond acceptors (Lipinski definition) is 6. The number of ether oxygens (including phenoxy) is 2. The molecule has 25 heavy (non-hydrogen) atoms. The lowest BCUT2D eigenvalue weighted by atomic mass is 10.1. The zero-order chi connectivity index (χ0) is 18.1. The number of unbranched alkanes of at least 4 members (excludes halogenated alkanes) is 3. The first-order valence-electron chi connectivity index (χ1n) is 8.07. The molecule has 1 aromatic carbocycles. The number of esters is 1. The lowest BCUT2D eigenvalue weighted by molar-refractivity contribution is 0.0739. The summed E-state index contributed by atoms with van der Waals surface area (Å²) in [5.74, 6) is -0.147. The molecule has 0 radical (unpaired) electrons. The van der Waals surface area contributed by atoms with Crippen molar-refractivity contribution in [3.63, 3.8) is 0 Å². The van der Waals surface area contributed by atoms with Gasteiger partial charge in [0, 0.05) is 0 Å². The Morgan fingerprint density at radius 3 is 2.44 bits per heavy atom. The Hall–Kier alpha value is -2.83. The van der Waals surface area contributed by atoms with E-state index in [-0.39, 0.29) is 16.9 Å². The molecule has 0 unspecified atom stereocenters. The summed E-state index contributed by atoms with van der Waals surface area (Å²) in [5, 5.41) is 20.6. The number of carbonyl (C=O) groups is 1. The minimum Gasteiger partial charge on any atom is -0.492 e. The number of nitrogens with zero attached hydrogens (tertiary/aromatic N) is 2. The van der Waals surface area contributed by atoms with Crippen LogP contribution in [0.25, 0.3) is 0 Å². The van der Waals surface area contributed by atoms with Gasteiger partial charge in [-0.3, -0.25) is 0 Å². The average Bonchev–Trinajstić information content (AvgIpc) is 3.16. The topological polar surface area (TPSA) is 83.1 Å². The molecule has 0 fully saturated rings. The van der Waals surface area contributed by atoms with Crippen LogP contribution in [0.3, 0.4) is 0 Å². The zero-order valence-electron chi connectivity index (χ0n) is 13.9. The molecule has 0 spiro atoms. The molecule has 0 aliphatic heterocycles. The molecule has 0 atom stereocenters. The minimum atomic E-state index is -0.552. The van der Waals surface area contributed by atoms with E-state index < -0.39 is 5.97 Å². The fourth-order valence-electron chi connectivity index (χ4n) is 2.25. The van der Waals surface area contributed by atoms with Crippen molar-refractivity contribution in [3.8, 4) is 23.6 Å². The van der Waals surface area contributed by atoms with Crippen molar-refractivity contribution in [2.45, 2.75) is 32.6 Å². The third kappa shape index (κ3) is 4.82. The summed E-state index contributed by atoms with van der Waals surface area (Å²) in [6, 6.07) is 10.4. The fraction of sp³-hybridized carbons (Fsp3) is 0.316. The van der Waals surface area contributed by atoms with Crippen LogP contribution in [0.5, 0.6) is 11.5 Å². The Labute approximate surface area is 151 Å². The zero-order valence-corrected chi connectivity index (χ0v) is 14.8. The van der Waals surface area contributed by atoms with Gasteiger partial charge in [-0.15, -0.1) is 11.3 Å². The second kappa shape index (κ2) is 9.46. The van der Waals surface area contributed by atoms with Gasteiger partial charge in [0.25, 0.3) is 0 Å². The minimum absolute atomic E-state index is 0.0125. The summed E-state index contributed by atoms with van der Waals surface area (Å²) in [4.78, 5) is 12.5. The normalized spacial score (nSPS) is 9.88. The van der Waals surface area contributed by atoms with Crippen LogP contribution in [0.15, 0.2) is 29.6 Å². The largest absolute Gasteiger partial charge is 0.492 e. The van der Waals surface area contributed by atoms with E-state index in [1.54, 1.807) is 23.6 Å². The SMILES string of the molecule is CCCCCCOc1ccc(OC(=O)c2cccs2)c(C#N)c1C#N. The molecular weight excluding hydrogens is 336 g/mol. The maximum absolute atomic E-state index is 12.1. The van der Waals surface area contributed by atoms with Crippen LogP contribution in [-0.2, 0) is 0 Å². The van der Waals surface area contributed by atoms with Crippen LogP contribution in [0.2, 0.25) is 0 Å². The van der Waals surface area contributed by atoms with Crippen molar-refractivity contribution in [2.24, 2.45) is 0 Å². The van der Waals surface area contributed by atoms with Crippen LogP contribution in [-0.4, -0.2) is 12.6 Å². The number of carbonyl (C=O) groups excluding carboxylic acids is 1. The maximum Gasteiger partial charge on any atom is 0.353 e. The molecule has 0 saturated heterocycles. The molecule has 0 amide bonds. The molecule has 2 aromatic rings. The van der Waals surface area contributed by atoms with Crippen molar-refractivity contribution in [1.29, 1.82) is 10.5 Å². The van der Waals surface area contributed by atoms with Crippen molar-refractivity contribution in [1.82, 2.24) is 0 Å². The second-order valence-corrected chi connectivity index (χ2v) is 6.26. The molecular formula is C19H18N2O3S. The molecule has 5 nitrogen and oxygen atoms in total. The van der Waals surface area contributed by atoms with E-state index in [1.165, 1.54) is 17.4 Å². The Kier molecular flexibility index (Phi) is 7.00. The molecule has 0 aliphatic carbocycles. The van der Waals surface area contributed by atoms with E-state index >= 15 is 0 Å².